The summed E-state index contributed by atoms with van der Waals surface area (Å²) in [6.07, 6.45) is 6.25. The number of piperidine rings is 1. The Morgan fingerprint density at radius 1 is 1.17 bits per heavy atom. The van der Waals surface area contributed by atoms with E-state index in [-0.39, 0.29) is 11.3 Å². The van der Waals surface area contributed by atoms with Crippen molar-refractivity contribution in [1.29, 1.82) is 0 Å². The van der Waals surface area contributed by atoms with Crippen LogP contribution < -0.4 is 0 Å². The first-order valence-corrected chi connectivity index (χ1v) is 4.69. The predicted octanol–water partition coefficient (Wildman–Crippen LogP) is 1.65. The van der Waals surface area contributed by atoms with Crippen LogP contribution in [0.4, 0.5) is 0 Å². The van der Waals surface area contributed by atoms with E-state index in [4.69, 9.17) is 0 Å². The summed E-state index contributed by atoms with van der Waals surface area (Å²) in [6.45, 7) is 0.429. The fourth-order valence-electron chi connectivity index (χ4n) is 2.51. The highest BCUT2D eigenvalue weighted by Crippen LogP contribution is 2.45. The van der Waals surface area contributed by atoms with E-state index in [9.17, 15) is 9.70 Å². The van der Waals surface area contributed by atoms with Gasteiger partial charge in [0, 0.05) is 11.3 Å². The Hall–Kier alpha value is -0.730. The van der Waals surface area contributed by atoms with Gasteiger partial charge in [-0.15, -0.1) is 0 Å². The molecule has 3 heteroatoms. The minimum absolute atomic E-state index is 0.192. The van der Waals surface area contributed by atoms with Crippen LogP contribution in [0.15, 0.2) is 0 Å². The zero-order valence-electron chi connectivity index (χ0n) is 7.21. The van der Waals surface area contributed by atoms with Crippen LogP contribution >= 0.6 is 0 Å². The molecule has 1 amide bonds. The summed E-state index contributed by atoms with van der Waals surface area (Å²) in [4.78, 5) is 22.1. The first-order valence-electron chi connectivity index (χ1n) is 4.69. The second kappa shape index (κ2) is 2.64. The van der Waals surface area contributed by atoms with Crippen molar-refractivity contribution in [1.82, 2.24) is 0 Å². The number of amides is 1. The van der Waals surface area contributed by atoms with Crippen molar-refractivity contribution in [2.45, 2.75) is 38.5 Å². The molecule has 1 saturated heterocycles. The normalized spacial score (nSPS) is 28.3. The first kappa shape index (κ1) is 7.90. The van der Waals surface area contributed by atoms with E-state index in [0.717, 1.165) is 19.3 Å². The van der Waals surface area contributed by atoms with E-state index in [0.29, 0.717) is 17.7 Å². The monoisotopic (exact) mass is 168 g/mol. The Morgan fingerprint density at radius 3 is 2.42 bits per heavy atom. The van der Waals surface area contributed by atoms with Gasteiger partial charge in [-0.1, -0.05) is 12.8 Å². The molecule has 0 aromatic rings. The van der Waals surface area contributed by atoms with Crippen molar-refractivity contribution < 1.29 is 9.55 Å². The first-order chi connectivity index (χ1) is 5.72. The van der Waals surface area contributed by atoms with E-state index in [2.05, 4.69) is 0 Å². The Balaban J connectivity index is 2.10. The van der Waals surface area contributed by atoms with Gasteiger partial charge in [-0.25, -0.2) is 4.79 Å². The zero-order valence-corrected chi connectivity index (χ0v) is 7.21. The SMILES string of the molecule is O=C1CC2(CCCC2)CC[N+]1=O. The molecule has 3 nitrogen and oxygen atoms in total. The molecule has 0 bridgehead atoms. The number of carbonyl (C=O) groups excluding carboxylic acids is 1. The maximum absolute atomic E-state index is 11.2. The summed E-state index contributed by atoms with van der Waals surface area (Å²) < 4.78 is 0.629. The number of carbonyl (C=O) groups is 1. The summed E-state index contributed by atoms with van der Waals surface area (Å²) in [5.41, 5.74) is 0.234. The molecule has 1 spiro atoms. The van der Waals surface area contributed by atoms with Crippen LogP contribution in [-0.2, 0) is 4.79 Å². The average Bonchev–Trinajstić information content (AvgIpc) is 2.47. The fraction of sp³-hybridized carbons (Fsp3) is 0.889. The van der Waals surface area contributed by atoms with Crippen LogP contribution in [0, 0.1) is 10.3 Å². The number of hydrogen-bond donors (Lipinski definition) is 0. The molecule has 1 aliphatic carbocycles. The Kier molecular flexibility index (Phi) is 1.74. The van der Waals surface area contributed by atoms with Crippen LogP contribution in [0.1, 0.15) is 38.5 Å². The standard InChI is InChI=1S/C9H14NO2/c11-8-7-9(3-1-2-4-9)5-6-10(8)12/h1-7H2/q+1. The second-order valence-corrected chi connectivity index (χ2v) is 4.13. The van der Waals surface area contributed by atoms with Gasteiger partial charge in [-0.2, -0.15) is 0 Å². The number of rotatable bonds is 0. The lowest BCUT2D eigenvalue weighted by Crippen LogP contribution is -2.36. The lowest BCUT2D eigenvalue weighted by Gasteiger charge is -2.26. The molecule has 2 fully saturated rings. The van der Waals surface area contributed by atoms with Gasteiger partial charge in [0.05, 0.1) is 11.2 Å². The number of nitrogens with zero attached hydrogens (tertiary/aromatic N) is 1. The van der Waals surface area contributed by atoms with Crippen LogP contribution in [-0.4, -0.2) is 17.2 Å². The summed E-state index contributed by atoms with van der Waals surface area (Å²) >= 11 is 0. The topological polar surface area (TPSA) is 37.1 Å². The van der Waals surface area contributed by atoms with Gasteiger partial charge in [-0.05, 0) is 18.3 Å². The largest absolute Gasteiger partial charge is 0.433 e. The fourth-order valence-corrected chi connectivity index (χ4v) is 2.51. The maximum atomic E-state index is 11.2. The molecule has 12 heavy (non-hydrogen) atoms. The molecule has 0 radical (unpaired) electrons. The highest BCUT2D eigenvalue weighted by molar-refractivity contribution is 5.68. The molecule has 2 aliphatic rings. The Bertz CT molecular complexity index is 229. The summed E-state index contributed by atoms with van der Waals surface area (Å²) in [7, 11) is 0. The highest BCUT2D eigenvalue weighted by Gasteiger charge is 2.45. The van der Waals surface area contributed by atoms with Gasteiger partial charge < -0.3 is 0 Å². The molecule has 66 valence electrons. The van der Waals surface area contributed by atoms with E-state index < -0.39 is 0 Å². The van der Waals surface area contributed by atoms with E-state index in [1.54, 1.807) is 0 Å². The molecule has 0 unspecified atom stereocenters. The lowest BCUT2D eigenvalue weighted by atomic mass is 9.77. The van der Waals surface area contributed by atoms with Crippen molar-refractivity contribution in [3.63, 3.8) is 0 Å². The minimum atomic E-state index is -0.192. The molecule has 1 heterocycles. The molecule has 1 saturated carbocycles. The quantitative estimate of drug-likeness (QED) is 0.516. The van der Waals surface area contributed by atoms with Crippen LogP contribution in [0.3, 0.4) is 0 Å². The zero-order chi connectivity index (χ0) is 8.60. The van der Waals surface area contributed by atoms with Gasteiger partial charge in [0.25, 0.3) is 0 Å². The van der Waals surface area contributed by atoms with Gasteiger partial charge in [0.2, 0.25) is 6.54 Å². The van der Waals surface area contributed by atoms with Gasteiger partial charge in [-0.3, -0.25) is 0 Å². The molecule has 0 aromatic carbocycles. The average molecular weight is 168 g/mol. The van der Waals surface area contributed by atoms with Crippen molar-refractivity contribution >= 4 is 5.91 Å². The van der Waals surface area contributed by atoms with Crippen molar-refractivity contribution in [2.24, 2.45) is 5.41 Å². The molecular weight excluding hydrogens is 154 g/mol. The van der Waals surface area contributed by atoms with E-state index in [1.807, 2.05) is 0 Å². The van der Waals surface area contributed by atoms with Crippen molar-refractivity contribution in [3.8, 4) is 0 Å². The van der Waals surface area contributed by atoms with Gasteiger partial charge in [0.1, 0.15) is 0 Å². The smallest absolute Gasteiger partial charge is 0.215 e. The third-order valence-corrected chi connectivity index (χ3v) is 3.31. The molecular formula is C9H14NO2+. The molecule has 0 N–H and O–H groups in total. The van der Waals surface area contributed by atoms with Crippen LogP contribution in [0.5, 0.6) is 0 Å². The Morgan fingerprint density at radius 2 is 1.83 bits per heavy atom. The summed E-state index contributed by atoms with van der Waals surface area (Å²) in [6, 6.07) is 0. The van der Waals surface area contributed by atoms with Crippen LogP contribution in [0.25, 0.3) is 0 Å². The second-order valence-electron chi connectivity index (χ2n) is 4.13. The van der Waals surface area contributed by atoms with Gasteiger partial charge >= 0.3 is 5.91 Å². The van der Waals surface area contributed by atoms with Gasteiger partial charge in [0.15, 0.2) is 0 Å². The Labute approximate surface area is 71.7 Å². The summed E-state index contributed by atoms with van der Waals surface area (Å²) in [5, 5.41) is 0. The molecule has 0 aromatic heterocycles. The van der Waals surface area contributed by atoms with Crippen molar-refractivity contribution in [2.75, 3.05) is 6.54 Å². The highest BCUT2D eigenvalue weighted by atomic mass is 16.3. The number of nitroso groups, excluding NO2 is 1. The lowest BCUT2D eigenvalue weighted by molar-refractivity contribution is -0.483. The molecule has 1 aliphatic heterocycles. The van der Waals surface area contributed by atoms with E-state index >= 15 is 0 Å². The molecule has 0 atom stereocenters. The maximum Gasteiger partial charge on any atom is 0.433 e. The minimum Gasteiger partial charge on any atom is -0.215 e. The molecule has 2 rings (SSSR count). The predicted molar refractivity (Wildman–Crippen MR) is 43.6 cm³/mol. The number of hydrogen-bond acceptors (Lipinski definition) is 2. The van der Waals surface area contributed by atoms with Crippen LogP contribution in [0.2, 0.25) is 0 Å². The third-order valence-electron chi connectivity index (χ3n) is 3.31. The van der Waals surface area contributed by atoms with E-state index in [1.165, 1.54) is 12.8 Å². The third kappa shape index (κ3) is 1.17. The van der Waals surface area contributed by atoms with Crippen molar-refractivity contribution in [3.05, 3.63) is 4.91 Å². The summed E-state index contributed by atoms with van der Waals surface area (Å²) in [5.74, 6) is -0.192.